The average molecular weight is 680 g/mol. The summed E-state index contributed by atoms with van der Waals surface area (Å²) in [5.74, 6) is 0. The third-order valence-corrected chi connectivity index (χ3v) is 11.1. The molecular formula is C51H37NO. The van der Waals surface area contributed by atoms with Crippen LogP contribution in [0, 0.1) is 0 Å². The molecule has 53 heavy (non-hydrogen) atoms. The van der Waals surface area contributed by atoms with Gasteiger partial charge in [-0.3, -0.25) is 0 Å². The van der Waals surface area contributed by atoms with Crippen LogP contribution in [0.3, 0.4) is 0 Å². The standard InChI is InChI=1S/C51H37NO/c1-51(42-11-3-2-4-12-42)31-29-45(30-32-51)52(43-24-19-36(20-25-43)40-17-15-35-9-5-6-10-39(35)33-40)44-26-21-37(22-27-44)41-18-16-38-23-28-49-50(47(38)34-41)46-13-7-8-14-48(46)53-49/h2-31,33-34H,32H2,1H3. The molecule has 2 nitrogen and oxygen atoms in total. The second kappa shape index (κ2) is 12.5. The van der Waals surface area contributed by atoms with Crippen LogP contribution in [-0.4, -0.2) is 0 Å². The van der Waals surface area contributed by atoms with Crippen molar-refractivity contribution in [3.63, 3.8) is 0 Å². The van der Waals surface area contributed by atoms with Crippen LogP contribution < -0.4 is 4.90 Å². The highest BCUT2D eigenvalue weighted by molar-refractivity contribution is 6.19. The van der Waals surface area contributed by atoms with Gasteiger partial charge in [-0.15, -0.1) is 0 Å². The van der Waals surface area contributed by atoms with Crippen LogP contribution in [0.2, 0.25) is 0 Å². The SMILES string of the molecule is CC1(c2ccccc2)C=CC(N(c2ccc(-c3ccc4ccccc4c3)cc2)c2ccc(-c3ccc4ccc5oc6ccccc6c5c4c3)cc2)=CC1. The number of hydrogen-bond acceptors (Lipinski definition) is 2. The Balaban J connectivity index is 1.02. The van der Waals surface area contributed by atoms with Crippen LogP contribution in [0.15, 0.2) is 204 Å². The van der Waals surface area contributed by atoms with Crippen molar-refractivity contribution < 1.29 is 4.42 Å². The molecule has 0 aliphatic heterocycles. The van der Waals surface area contributed by atoms with E-state index in [2.05, 4.69) is 194 Å². The van der Waals surface area contributed by atoms with Crippen LogP contribution in [-0.2, 0) is 5.41 Å². The summed E-state index contributed by atoms with van der Waals surface area (Å²) in [7, 11) is 0. The molecule has 8 aromatic carbocycles. The first-order valence-corrected chi connectivity index (χ1v) is 18.4. The maximum absolute atomic E-state index is 6.22. The van der Waals surface area contributed by atoms with Crippen LogP contribution in [0.25, 0.3) is 65.7 Å². The summed E-state index contributed by atoms with van der Waals surface area (Å²) >= 11 is 0. The lowest BCUT2D eigenvalue weighted by Gasteiger charge is -2.33. The van der Waals surface area contributed by atoms with Gasteiger partial charge < -0.3 is 9.32 Å². The maximum atomic E-state index is 6.22. The number of benzene rings is 8. The Morgan fingerprint density at radius 3 is 1.81 bits per heavy atom. The largest absolute Gasteiger partial charge is 0.456 e. The predicted molar refractivity (Wildman–Crippen MR) is 224 cm³/mol. The lowest BCUT2D eigenvalue weighted by molar-refractivity contribution is 0.595. The fourth-order valence-corrected chi connectivity index (χ4v) is 8.07. The van der Waals surface area contributed by atoms with Crippen LogP contribution in [0.4, 0.5) is 11.4 Å². The highest BCUT2D eigenvalue weighted by atomic mass is 16.3. The number of furan rings is 1. The second-order valence-corrected chi connectivity index (χ2v) is 14.4. The molecular weight excluding hydrogens is 643 g/mol. The van der Waals surface area contributed by atoms with Gasteiger partial charge in [0.1, 0.15) is 11.2 Å². The Bertz CT molecular complexity index is 2860. The molecule has 0 N–H and O–H groups in total. The highest BCUT2D eigenvalue weighted by Gasteiger charge is 2.27. The molecule has 1 heterocycles. The van der Waals surface area contributed by atoms with Gasteiger partial charge in [0.25, 0.3) is 0 Å². The monoisotopic (exact) mass is 679 g/mol. The van der Waals surface area contributed by atoms with E-state index in [1.165, 1.54) is 60.4 Å². The number of fused-ring (bicyclic) bond motifs is 6. The number of hydrogen-bond donors (Lipinski definition) is 0. The van der Waals surface area contributed by atoms with Gasteiger partial charge in [0, 0.05) is 33.3 Å². The normalized spacial score (nSPS) is 15.7. The first-order valence-electron chi connectivity index (χ1n) is 18.4. The Labute approximate surface area is 309 Å². The summed E-state index contributed by atoms with van der Waals surface area (Å²) in [5.41, 5.74) is 11.3. The number of anilines is 2. The number of para-hydroxylation sites is 1. The smallest absolute Gasteiger partial charge is 0.136 e. The first kappa shape index (κ1) is 31.1. The molecule has 10 rings (SSSR count). The molecule has 0 spiro atoms. The van der Waals surface area contributed by atoms with E-state index in [9.17, 15) is 0 Å². The fourth-order valence-electron chi connectivity index (χ4n) is 8.07. The third kappa shape index (κ3) is 5.51. The van der Waals surface area contributed by atoms with Crippen molar-refractivity contribution in [2.75, 3.05) is 4.90 Å². The molecule has 1 atom stereocenters. The molecule has 0 fully saturated rings. The maximum Gasteiger partial charge on any atom is 0.136 e. The predicted octanol–water partition coefficient (Wildman–Crippen LogP) is 14.2. The van der Waals surface area contributed by atoms with Gasteiger partial charge in [-0.1, -0.05) is 146 Å². The van der Waals surface area contributed by atoms with Crippen LogP contribution >= 0.6 is 0 Å². The average Bonchev–Trinajstić information content (AvgIpc) is 3.62. The molecule has 2 heteroatoms. The fraction of sp³-hybridized carbons (Fsp3) is 0.0588. The van der Waals surface area contributed by atoms with Crippen LogP contribution in [0.1, 0.15) is 18.9 Å². The van der Waals surface area contributed by atoms with E-state index in [-0.39, 0.29) is 5.41 Å². The Morgan fingerprint density at radius 1 is 0.491 bits per heavy atom. The summed E-state index contributed by atoms with van der Waals surface area (Å²) in [6.45, 7) is 2.33. The van der Waals surface area contributed by atoms with Gasteiger partial charge in [-0.25, -0.2) is 0 Å². The minimum Gasteiger partial charge on any atom is -0.456 e. The number of nitrogens with zero attached hydrogens (tertiary/aromatic N) is 1. The molecule has 1 aliphatic carbocycles. The van der Waals surface area contributed by atoms with E-state index in [0.717, 1.165) is 34.3 Å². The molecule has 0 amide bonds. The summed E-state index contributed by atoms with van der Waals surface area (Å²) in [5, 5.41) is 7.26. The number of allylic oxidation sites excluding steroid dienone is 3. The molecule has 9 aromatic rings. The molecule has 0 saturated carbocycles. The van der Waals surface area contributed by atoms with E-state index in [1.54, 1.807) is 0 Å². The molecule has 252 valence electrons. The summed E-state index contributed by atoms with van der Waals surface area (Å²) in [6.07, 6.45) is 7.98. The molecule has 0 bridgehead atoms. The molecule has 0 radical (unpaired) electrons. The van der Waals surface area contributed by atoms with E-state index in [0.29, 0.717) is 0 Å². The zero-order valence-corrected chi connectivity index (χ0v) is 29.5. The number of rotatable bonds is 6. The Morgan fingerprint density at radius 2 is 1.09 bits per heavy atom. The third-order valence-electron chi connectivity index (χ3n) is 11.1. The lowest BCUT2D eigenvalue weighted by Crippen LogP contribution is -2.24. The van der Waals surface area contributed by atoms with Gasteiger partial charge in [0.2, 0.25) is 0 Å². The topological polar surface area (TPSA) is 16.4 Å². The van der Waals surface area contributed by atoms with Gasteiger partial charge in [0.15, 0.2) is 0 Å². The van der Waals surface area contributed by atoms with Gasteiger partial charge >= 0.3 is 0 Å². The molecule has 1 unspecified atom stereocenters. The van der Waals surface area contributed by atoms with Crippen molar-refractivity contribution in [2.45, 2.75) is 18.8 Å². The van der Waals surface area contributed by atoms with Crippen molar-refractivity contribution >= 4 is 54.9 Å². The van der Waals surface area contributed by atoms with E-state index in [4.69, 9.17) is 4.42 Å². The molecule has 1 aromatic heterocycles. The van der Waals surface area contributed by atoms with Crippen molar-refractivity contribution in [2.24, 2.45) is 0 Å². The Kier molecular flexibility index (Phi) is 7.37. The highest BCUT2D eigenvalue weighted by Crippen LogP contribution is 2.41. The minimum atomic E-state index is -0.0535. The van der Waals surface area contributed by atoms with Crippen molar-refractivity contribution in [1.82, 2.24) is 0 Å². The van der Waals surface area contributed by atoms with Crippen LogP contribution in [0.5, 0.6) is 0 Å². The minimum absolute atomic E-state index is 0.0535. The summed E-state index contributed by atoms with van der Waals surface area (Å²) in [6, 6.07) is 63.4. The molecule has 1 aliphatic rings. The second-order valence-electron chi connectivity index (χ2n) is 14.4. The van der Waals surface area contributed by atoms with Crippen molar-refractivity contribution in [1.29, 1.82) is 0 Å². The van der Waals surface area contributed by atoms with Gasteiger partial charge in [-0.2, -0.15) is 0 Å². The first-order chi connectivity index (χ1) is 26.1. The van der Waals surface area contributed by atoms with Gasteiger partial charge in [-0.05, 0) is 110 Å². The van der Waals surface area contributed by atoms with E-state index >= 15 is 0 Å². The zero-order chi connectivity index (χ0) is 35.4. The van der Waals surface area contributed by atoms with E-state index in [1.807, 2.05) is 12.1 Å². The van der Waals surface area contributed by atoms with E-state index < -0.39 is 0 Å². The molecule has 0 saturated heterocycles. The summed E-state index contributed by atoms with van der Waals surface area (Å²) < 4.78 is 6.22. The quantitative estimate of drug-likeness (QED) is 0.174. The zero-order valence-electron chi connectivity index (χ0n) is 29.5. The van der Waals surface area contributed by atoms with Crippen molar-refractivity contribution in [3.05, 3.63) is 205 Å². The van der Waals surface area contributed by atoms with Gasteiger partial charge in [0.05, 0.1) is 0 Å². The Hall–Kier alpha value is -6.64. The lowest BCUT2D eigenvalue weighted by atomic mass is 9.77. The summed E-state index contributed by atoms with van der Waals surface area (Å²) in [4.78, 5) is 2.39. The van der Waals surface area contributed by atoms with Crippen molar-refractivity contribution in [3.8, 4) is 22.3 Å².